The summed E-state index contributed by atoms with van der Waals surface area (Å²) in [6.07, 6.45) is 7.79. The molecule has 2 fully saturated rings. The molecule has 2 aromatic carbocycles. The second-order valence-corrected chi connectivity index (χ2v) is 11.6. The normalized spacial score (nSPS) is 22.6. The van der Waals surface area contributed by atoms with E-state index in [0.29, 0.717) is 12.0 Å². The van der Waals surface area contributed by atoms with Gasteiger partial charge in [-0.25, -0.2) is 0 Å². The van der Waals surface area contributed by atoms with Crippen LogP contribution in [0, 0.1) is 0 Å². The van der Waals surface area contributed by atoms with E-state index < -0.39 is 11.4 Å². The molecule has 32 heavy (non-hydrogen) atoms. The fourth-order valence-corrected chi connectivity index (χ4v) is 5.63. The van der Waals surface area contributed by atoms with E-state index in [1.165, 1.54) is 55.2 Å². The van der Waals surface area contributed by atoms with Crippen molar-refractivity contribution in [3.05, 3.63) is 58.7 Å². The molecule has 2 saturated carbocycles. The Balaban J connectivity index is 1.60. The van der Waals surface area contributed by atoms with Crippen molar-refractivity contribution in [1.82, 2.24) is 4.90 Å². The summed E-state index contributed by atoms with van der Waals surface area (Å²) in [4.78, 5) is 14.3. The van der Waals surface area contributed by atoms with Gasteiger partial charge in [-0.2, -0.15) is 0 Å². The van der Waals surface area contributed by atoms with Crippen molar-refractivity contribution in [2.24, 2.45) is 0 Å². The molecule has 1 unspecified atom stereocenters. The number of nitrogens with zero attached hydrogens (tertiary/aromatic N) is 1. The minimum atomic E-state index is -0.879. The Labute approximate surface area is 192 Å². The molecule has 5 rings (SSSR count). The maximum atomic E-state index is 11.7. The molecule has 0 amide bonds. The van der Waals surface area contributed by atoms with Crippen LogP contribution in [0.5, 0.6) is 0 Å². The van der Waals surface area contributed by atoms with E-state index in [1.54, 1.807) is 25.0 Å². The molecular weight excluding hydrogens is 394 g/mol. The quantitative estimate of drug-likeness (QED) is 0.547. The number of carboxylic acids is 1. The molecule has 3 aliphatic carbocycles. The summed E-state index contributed by atoms with van der Waals surface area (Å²) < 4.78 is 0. The van der Waals surface area contributed by atoms with Crippen molar-refractivity contribution in [2.75, 3.05) is 7.05 Å². The lowest BCUT2D eigenvalue weighted by atomic mass is 9.68. The Bertz CT molecular complexity index is 1040. The van der Waals surface area contributed by atoms with E-state index >= 15 is 0 Å². The molecule has 3 aliphatic rings. The number of carboxylic acid groups (broad SMARTS) is 1. The van der Waals surface area contributed by atoms with Crippen LogP contribution in [0.1, 0.15) is 100 Å². The Morgan fingerprint density at radius 3 is 2.22 bits per heavy atom. The Morgan fingerprint density at radius 1 is 1.00 bits per heavy atom. The lowest BCUT2D eigenvalue weighted by Crippen LogP contribution is -2.36. The minimum absolute atomic E-state index is 0.182. The zero-order chi connectivity index (χ0) is 22.8. The second-order valence-electron chi connectivity index (χ2n) is 11.6. The molecule has 1 atom stereocenters. The van der Waals surface area contributed by atoms with Crippen molar-refractivity contribution in [3.63, 3.8) is 0 Å². The number of fused-ring (bicyclic) bond motifs is 1. The Hall–Kier alpha value is -2.13. The highest BCUT2D eigenvalue weighted by Crippen LogP contribution is 2.53. The minimum Gasteiger partial charge on any atom is -0.481 e. The first kappa shape index (κ1) is 21.7. The van der Waals surface area contributed by atoms with Gasteiger partial charge in [-0.3, -0.25) is 9.69 Å². The molecule has 1 N–H and O–H groups in total. The van der Waals surface area contributed by atoms with Gasteiger partial charge >= 0.3 is 5.97 Å². The van der Waals surface area contributed by atoms with E-state index in [0.717, 1.165) is 11.6 Å². The molecule has 0 spiro atoms. The zero-order valence-electron chi connectivity index (χ0n) is 20.2. The number of rotatable bonds is 6. The van der Waals surface area contributed by atoms with Crippen LogP contribution in [0.15, 0.2) is 36.4 Å². The summed E-state index contributed by atoms with van der Waals surface area (Å²) in [6, 6.07) is 14.4. The van der Waals surface area contributed by atoms with Crippen LogP contribution in [0.25, 0.3) is 11.1 Å². The van der Waals surface area contributed by atoms with Gasteiger partial charge in [0.15, 0.2) is 0 Å². The van der Waals surface area contributed by atoms with E-state index in [2.05, 4.69) is 50.1 Å². The molecular formula is C29H37NO2. The molecule has 2 aromatic rings. The lowest BCUT2D eigenvalue weighted by Gasteiger charge is -2.42. The van der Waals surface area contributed by atoms with Crippen LogP contribution in [0.4, 0.5) is 0 Å². The van der Waals surface area contributed by atoms with E-state index in [-0.39, 0.29) is 5.41 Å². The van der Waals surface area contributed by atoms with Crippen LogP contribution in [0.3, 0.4) is 0 Å². The van der Waals surface area contributed by atoms with Gasteiger partial charge in [0.05, 0.1) is 5.41 Å². The number of hydrogen-bond donors (Lipinski definition) is 1. The van der Waals surface area contributed by atoms with Gasteiger partial charge in [-0.1, -0.05) is 50.2 Å². The monoisotopic (exact) mass is 431 g/mol. The first-order valence-corrected chi connectivity index (χ1v) is 12.3. The lowest BCUT2D eigenvalue weighted by molar-refractivity contribution is -0.142. The number of benzene rings is 2. The first-order valence-electron chi connectivity index (χ1n) is 12.3. The molecule has 0 aliphatic heterocycles. The highest BCUT2D eigenvalue weighted by molar-refractivity contribution is 5.80. The zero-order valence-corrected chi connectivity index (χ0v) is 20.2. The predicted octanol–water partition coefficient (Wildman–Crippen LogP) is 6.80. The van der Waals surface area contributed by atoms with Gasteiger partial charge in [0.2, 0.25) is 0 Å². The molecule has 170 valence electrons. The fourth-order valence-electron chi connectivity index (χ4n) is 5.63. The largest absolute Gasteiger partial charge is 0.481 e. The van der Waals surface area contributed by atoms with Gasteiger partial charge in [-0.15, -0.1) is 0 Å². The number of hydrogen-bond acceptors (Lipinski definition) is 2. The first-order chi connectivity index (χ1) is 15.1. The summed E-state index contributed by atoms with van der Waals surface area (Å²) in [5, 5.41) is 9.58. The molecule has 0 bridgehead atoms. The van der Waals surface area contributed by atoms with Gasteiger partial charge in [0, 0.05) is 12.1 Å². The number of carbonyl (C=O) groups is 1. The molecule has 0 heterocycles. The topological polar surface area (TPSA) is 40.5 Å². The van der Waals surface area contributed by atoms with Crippen LogP contribution >= 0.6 is 0 Å². The van der Waals surface area contributed by atoms with E-state index in [9.17, 15) is 9.90 Å². The van der Waals surface area contributed by atoms with Gasteiger partial charge in [0.1, 0.15) is 0 Å². The standard InChI is InChI=1S/C29H37NO2/c1-28(2)15-14-25(30(5)22-12-13-22)26-23(19-6-7-19)16-20(17-24(26)28)18-8-10-21(11-9-18)29(3,4)27(31)32/h8-11,16-17,19,22,25H,6-7,12-15H2,1-5H3,(H,31,32). The second kappa shape index (κ2) is 7.45. The molecule has 3 nitrogen and oxygen atoms in total. The highest BCUT2D eigenvalue weighted by Gasteiger charge is 2.42. The maximum Gasteiger partial charge on any atom is 0.313 e. The van der Waals surface area contributed by atoms with Crippen molar-refractivity contribution >= 4 is 5.97 Å². The maximum absolute atomic E-state index is 11.7. The summed E-state index contributed by atoms with van der Waals surface area (Å²) in [7, 11) is 2.35. The van der Waals surface area contributed by atoms with Crippen LogP contribution in [-0.4, -0.2) is 29.1 Å². The molecule has 3 heteroatoms. The van der Waals surface area contributed by atoms with E-state index in [4.69, 9.17) is 0 Å². The van der Waals surface area contributed by atoms with Crippen molar-refractivity contribution in [3.8, 4) is 11.1 Å². The average Bonchev–Trinajstić information content (AvgIpc) is 3.65. The van der Waals surface area contributed by atoms with Crippen LogP contribution < -0.4 is 0 Å². The van der Waals surface area contributed by atoms with Crippen LogP contribution in [-0.2, 0) is 15.6 Å². The van der Waals surface area contributed by atoms with E-state index in [1.807, 2.05) is 12.1 Å². The average molecular weight is 432 g/mol. The van der Waals surface area contributed by atoms with Crippen molar-refractivity contribution in [2.45, 2.75) is 95.1 Å². The van der Waals surface area contributed by atoms with Crippen molar-refractivity contribution < 1.29 is 9.90 Å². The van der Waals surface area contributed by atoms with Crippen molar-refractivity contribution in [1.29, 1.82) is 0 Å². The molecule has 0 saturated heterocycles. The highest BCUT2D eigenvalue weighted by atomic mass is 16.4. The molecule has 0 aromatic heterocycles. The predicted molar refractivity (Wildman–Crippen MR) is 130 cm³/mol. The van der Waals surface area contributed by atoms with Gasteiger partial charge < -0.3 is 5.11 Å². The summed E-state index contributed by atoms with van der Waals surface area (Å²) in [5.74, 6) is -0.0828. The van der Waals surface area contributed by atoms with Gasteiger partial charge in [0.25, 0.3) is 0 Å². The Kier molecular flexibility index (Phi) is 5.05. The third-order valence-electron chi connectivity index (χ3n) is 8.42. The summed E-state index contributed by atoms with van der Waals surface area (Å²) in [5.41, 5.74) is 7.37. The Morgan fingerprint density at radius 2 is 1.66 bits per heavy atom. The number of aliphatic carboxylic acids is 1. The van der Waals surface area contributed by atoms with Gasteiger partial charge in [-0.05, 0) is 104 Å². The smallest absolute Gasteiger partial charge is 0.313 e. The fraction of sp³-hybridized carbons (Fsp3) is 0.552. The summed E-state index contributed by atoms with van der Waals surface area (Å²) >= 11 is 0. The third kappa shape index (κ3) is 3.69. The third-order valence-corrected chi connectivity index (χ3v) is 8.42. The van der Waals surface area contributed by atoms with Crippen LogP contribution in [0.2, 0.25) is 0 Å². The molecule has 0 radical (unpaired) electrons. The SMILES string of the molecule is CN(C1CC1)C1CCC(C)(C)c2cc(-c3ccc(C(C)(C)C(=O)O)cc3)cc(C3CC3)c21. The summed E-state index contributed by atoms with van der Waals surface area (Å²) in [6.45, 7) is 8.37.